The van der Waals surface area contributed by atoms with Crippen LogP contribution in [-0.4, -0.2) is 6.54 Å². The Bertz CT molecular complexity index is 450. The zero-order valence-corrected chi connectivity index (χ0v) is 10.9. The number of benzene rings is 1. The van der Waals surface area contributed by atoms with Gasteiger partial charge in [-0.3, -0.25) is 0 Å². The van der Waals surface area contributed by atoms with Gasteiger partial charge in [-0.1, -0.05) is 18.2 Å². The average molecular weight is 242 g/mol. The molecule has 2 atom stereocenters. The number of hydrogen-bond acceptors (Lipinski definition) is 2. The summed E-state index contributed by atoms with van der Waals surface area (Å²) in [4.78, 5) is 0. The Morgan fingerprint density at radius 3 is 3.00 bits per heavy atom. The molecule has 1 aromatic rings. The molecule has 0 radical (unpaired) electrons. The molecule has 1 aromatic carbocycles. The lowest BCUT2D eigenvalue weighted by atomic mass is 9.94. The highest BCUT2D eigenvalue weighted by Gasteiger charge is 2.22. The van der Waals surface area contributed by atoms with Gasteiger partial charge in [-0.15, -0.1) is 0 Å². The summed E-state index contributed by atoms with van der Waals surface area (Å²) in [6, 6.07) is 6.92. The van der Waals surface area contributed by atoms with Crippen LogP contribution in [0.2, 0.25) is 0 Å². The van der Waals surface area contributed by atoms with Crippen LogP contribution >= 0.6 is 0 Å². The largest absolute Gasteiger partial charge is 0.399 e. The van der Waals surface area contributed by atoms with E-state index < -0.39 is 0 Å². The van der Waals surface area contributed by atoms with Crippen LogP contribution in [0.1, 0.15) is 42.9 Å². The summed E-state index contributed by atoms with van der Waals surface area (Å²) < 4.78 is 0. The van der Waals surface area contributed by atoms with Gasteiger partial charge in [0.05, 0.1) is 0 Å². The second kappa shape index (κ2) is 5.15. The molecule has 0 aromatic heterocycles. The molecule has 0 aliphatic heterocycles. The Morgan fingerprint density at radius 2 is 2.17 bits per heavy atom. The molecule has 0 amide bonds. The van der Waals surface area contributed by atoms with E-state index >= 15 is 0 Å². The monoisotopic (exact) mass is 242 g/mol. The number of nitrogen functional groups attached to an aromatic ring is 1. The molecule has 2 aliphatic rings. The first-order valence-corrected chi connectivity index (χ1v) is 7.09. The van der Waals surface area contributed by atoms with E-state index in [9.17, 15) is 0 Å². The summed E-state index contributed by atoms with van der Waals surface area (Å²) >= 11 is 0. The number of hydrogen-bond donors (Lipinski definition) is 2. The van der Waals surface area contributed by atoms with Gasteiger partial charge in [0.2, 0.25) is 0 Å². The predicted octanol–water partition coefficient (Wildman–Crippen LogP) is 3.20. The van der Waals surface area contributed by atoms with Gasteiger partial charge in [0.1, 0.15) is 0 Å². The first kappa shape index (κ1) is 11.8. The van der Waals surface area contributed by atoms with E-state index in [1.807, 2.05) is 6.07 Å². The minimum Gasteiger partial charge on any atom is -0.399 e. The fourth-order valence-electron chi connectivity index (χ4n) is 3.20. The van der Waals surface area contributed by atoms with Crippen LogP contribution in [0.5, 0.6) is 0 Å². The van der Waals surface area contributed by atoms with Crippen LogP contribution in [-0.2, 0) is 6.42 Å². The van der Waals surface area contributed by atoms with E-state index in [0.29, 0.717) is 6.04 Å². The van der Waals surface area contributed by atoms with Crippen LogP contribution < -0.4 is 11.1 Å². The van der Waals surface area contributed by atoms with Gasteiger partial charge < -0.3 is 11.1 Å². The number of anilines is 1. The lowest BCUT2D eigenvalue weighted by Gasteiger charge is -2.21. The highest BCUT2D eigenvalue weighted by Crippen LogP contribution is 2.32. The summed E-state index contributed by atoms with van der Waals surface area (Å²) in [5.41, 5.74) is 9.64. The molecule has 2 unspecified atom stereocenters. The number of aryl methyl sites for hydroxylation is 1. The molecule has 2 aliphatic carbocycles. The highest BCUT2D eigenvalue weighted by molar-refractivity contribution is 5.47. The molecule has 2 heteroatoms. The molecule has 0 spiro atoms. The first-order valence-electron chi connectivity index (χ1n) is 7.09. The van der Waals surface area contributed by atoms with Crippen molar-refractivity contribution in [3.05, 3.63) is 41.5 Å². The Balaban J connectivity index is 1.60. The average Bonchev–Trinajstić information content (AvgIpc) is 2.80. The van der Waals surface area contributed by atoms with Crippen molar-refractivity contribution in [2.24, 2.45) is 5.92 Å². The van der Waals surface area contributed by atoms with Crippen molar-refractivity contribution >= 4 is 5.69 Å². The number of rotatable bonds is 3. The zero-order chi connectivity index (χ0) is 12.4. The van der Waals surface area contributed by atoms with Crippen molar-refractivity contribution in [2.45, 2.75) is 38.1 Å². The first-order chi connectivity index (χ1) is 8.83. The smallest absolute Gasteiger partial charge is 0.0326 e. The molecule has 0 heterocycles. The van der Waals surface area contributed by atoms with Crippen molar-refractivity contribution < 1.29 is 0 Å². The second-order valence-electron chi connectivity index (χ2n) is 5.61. The molecule has 0 saturated carbocycles. The Hall–Kier alpha value is -1.28. The van der Waals surface area contributed by atoms with Gasteiger partial charge in [0, 0.05) is 11.7 Å². The van der Waals surface area contributed by atoms with Gasteiger partial charge in [-0.2, -0.15) is 0 Å². The highest BCUT2D eigenvalue weighted by atomic mass is 14.9. The minimum atomic E-state index is 0.548. The van der Waals surface area contributed by atoms with Crippen LogP contribution in [0.15, 0.2) is 30.4 Å². The molecule has 96 valence electrons. The van der Waals surface area contributed by atoms with Gasteiger partial charge >= 0.3 is 0 Å². The van der Waals surface area contributed by atoms with E-state index in [1.165, 1.54) is 43.2 Å². The lowest BCUT2D eigenvalue weighted by molar-refractivity contribution is 0.404. The molecule has 0 bridgehead atoms. The molecule has 3 N–H and O–H groups in total. The Kier molecular flexibility index (Phi) is 3.37. The maximum absolute atomic E-state index is 5.84. The molecule has 2 nitrogen and oxygen atoms in total. The Labute approximate surface area is 109 Å². The molecular formula is C16H22N2. The van der Waals surface area contributed by atoms with Gasteiger partial charge in [-0.25, -0.2) is 0 Å². The summed E-state index contributed by atoms with van der Waals surface area (Å²) in [6.07, 6.45) is 10.9. The SMILES string of the molecule is Nc1ccc2c(c1)CCC2NCC1CC=CCC1. The molecule has 3 rings (SSSR count). The van der Waals surface area contributed by atoms with Crippen LogP contribution in [0.4, 0.5) is 5.69 Å². The van der Waals surface area contributed by atoms with Gasteiger partial charge in [-0.05, 0) is 67.8 Å². The molecule has 0 saturated heterocycles. The second-order valence-corrected chi connectivity index (χ2v) is 5.61. The number of fused-ring (bicyclic) bond motifs is 1. The van der Waals surface area contributed by atoms with Crippen molar-refractivity contribution in [2.75, 3.05) is 12.3 Å². The number of nitrogens with one attached hydrogen (secondary N) is 1. The van der Waals surface area contributed by atoms with E-state index in [0.717, 1.165) is 18.2 Å². The minimum absolute atomic E-state index is 0.548. The summed E-state index contributed by atoms with van der Waals surface area (Å²) in [5, 5.41) is 3.75. The van der Waals surface area contributed by atoms with Crippen molar-refractivity contribution in [3.8, 4) is 0 Å². The molecular weight excluding hydrogens is 220 g/mol. The van der Waals surface area contributed by atoms with Gasteiger partial charge in [0.15, 0.2) is 0 Å². The van der Waals surface area contributed by atoms with E-state index in [2.05, 4.69) is 29.6 Å². The fourth-order valence-corrected chi connectivity index (χ4v) is 3.20. The van der Waals surface area contributed by atoms with Gasteiger partial charge in [0.25, 0.3) is 0 Å². The van der Waals surface area contributed by atoms with Crippen molar-refractivity contribution in [3.63, 3.8) is 0 Å². The fraction of sp³-hybridized carbons (Fsp3) is 0.500. The van der Waals surface area contributed by atoms with Crippen LogP contribution in [0.25, 0.3) is 0 Å². The number of nitrogens with two attached hydrogens (primary N) is 1. The summed E-state index contributed by atoms with van der Waals surface area (Å²) in [6.45, 7) is 1.15. The third kappa shape index (κ3) is 2.44. The standard InChI is InChI=1S/C16H22N2/c17-14-7-8-15-13(10-14)6-9-16(15)18-11-12-4-2-1-3-5-12/h1-2,7-8,10,12,16,18H,3-6,9,11,17H2. The zero-order valence-electron chi connectivity index (χ0n) is 10.9. The van der Waals surface area contributed by atoms with Crippen molar-refractivity contribution in [1.82, 2.24) is 5.32 Å². The van der Waals surface area contributed by atoms with E-state index in [4.69, 9.17) is 5.73 Å². The normalized spacial score (nSPS) is 26.2. The third-order valence-corrected chi connectivity index (χ3v) is 4.28. The number of allylic oxidation sites excluding steroid dienone is 2. The van der Waals surface area contributed by atoms with Crippen LogP contribution in [0.3, 0.4) is 0 Å². The molecule has 18 heavy (non-hydrogen) atoms. The van der Waals surface area contributed by atoms with E-state index in [-0.39, 0.29) is 0 Å². The summed E-state index contributed by atoms with van der Waals surface area (Å²) in [5.74, 6) is 0.827. The maximum atomic E-state index is 5.84. The molecule has 0 fully saturated rings. The topological polar surface area (TPSA) is 38.0 Å². The maximum Gasteiger partial charge on any atom is 0.0326 e. The quantitative estimate of drug-likeness (QED) is 0.631. The van der Waals surface area contributed by atoms with E-state index in [1.54, 1.807) is 0 Å². The Morgan fingerprint density at radius 1 is 1.22 bits per heavy atom. The predicted molar refractivity (Wildman–Crippen MR) is 76.4 cm³/mol. The third-order valence-electron chi connectivity index (χ3n) is 4.28. The summed E-state index contributed by atoms with van der Waals surface area (Å²) in [7, 11) is 0. The van der Waals surface area contributed by atoms with Crippen LogP contribution in [0, 0.1) is 5.92 Å². The lowest BCUT2D eigenvalue weighted by Crippen LogP contribution is -2.26. The van der Waals surface area contributed by atoms with Crippen molar-refractivity contribution in [1.29, 1.82) is 0 Å².